The predicted molar refractivity (Wildman–Crippen MR) is 119 cm³/mol. The fourth-order valence-electron chi connectivity index (χ4n) is 3.92. The second kappa shape index (κ2) is 7.55. The van der Waals surface area contributed by atoms with Crippen LogP contribution in [-0.2, 0) is 12.5 Å². The van der Waals surface area contributed by atoms with Crippen molar-refractivity contribution >= 4 is 21.9 Å². The van der Waals surface area contributed by atoms with Gasteiger partial charge < -0.3 is 9.15 Å². The van der Waals surface area contributed by atoms with Crippen molar-refractivity contribution in [1.29, 1.82) is 0 Å². The van der Waals surface area contributed by atoms with Gasteiger partial charge in [-0.15, -0.1) is 0 Å². The molecule has 31 heavy (non-hydrogen) atoms. The van der Waals surface area contributed by atoms with Crippen LogP contribution in [0.5, 0.6) is 5.75 Å². The summed E-state index contributed by atoms with van der Waals surface area (Å²) in [5.41, 5.74) is 3.69. The van der Waals surface area contributed by atoms with Crippen LogP contribution in [0.25, 0.3) is 33.1 Å². The Morgan fingerprint density at radius 2 is 1.61 bits per heavy atom. The number of ether oxygens (including phenoxy) is 1. The highest BCUT2D eigenvalue weighted by Gasteiger charge is 2.30. The van der Waals surface area contributed by atoms with Gasteiger partial charge in [-0.2, -0.15) is 0 Å². The molecule has 0 bridgehead atoms. The summed E-state index contributed by atoms with van der Waals surface area (Å²) in [5.74, 6) is -2.28. The lowest BCUT2D eigenvalue weighted by atomic mass is 9.96. The van der Waals surface area contributed by atoms with Crippen LogP contribution >= 0.6 is 0 Å². The Morgan fingerprint density at radius 1 is 0.839 bits per heavy atom. The first-order valence-corrected chi connectivity index (χ1v) is 10.1. The summed E-state index contributed by atoms with van der Waals surface area (Å²) in [6.07, 6.45) is 0. The van der Waals surface area contributed by atoms with E-state index in [-0.39, 0.29) is 5.56 Å². The fraction of sp³-hybridized carbons (Fsp3) is 0.111. The van der Waals surface area contributed by atoms with Gasteiger partial charge >= 0.3 is 0 Å². The van der Waals surface area contributed by atoms with Gasteiger partial charge in [0.15, 0.2) is 0 Å². The monoisotopic (exact) mass is 414 g/mol. The van der Waals surface area contributed by atoms with Gasteiger partial charge in [0.25, 0.3) is 5.92 Å². The van der Waals surface area contributed by atoms with Crippen molar-refractivity contribution in [2.75, 3.05) is 0 Å². The van der Waals surface area contributed by atoms with Gasteiger partial charge in [-0.1, -0.05) is 72.8 Å². The summed E-state index contributed by atoms with van der Waals surface area (Å²) in [6.45, 7) is 1.37. The maximum Gasteiger partial charge on any atom is 0.271 e. The number of para-hydroxylation sites is 1. The number of halogens is 2. The average Bonchev–Trinajstić information content (AvgIpc) is 3.17. The highest BCUT2D eigenvalue weighted by atomic mass is 19.3. The zero-order chi connectivity index (χ0) is 21.4. The standard InChI is InChI=1S/C27H20F2O2/c1-27(28,29)23-15-14-21(26-25(23)22-12-5-6-13-24(22)31-26)19-10-7-11-20(16-19)30-17-18-8-3-2-4-9-18/h2-16H,17H2,1H3. The quantitative estimate of drug-likeness (QED) is 0.291. The first-order chi connectivity index (χ1) is 15.0. The summed E-state index contributed by atoms with van der Waals surface area (Å²) in [6, 6.07) is 28.0. The van der Waals surface area contributed by atoms with Crippen LogP contribution in [0.4, 0.5) is 8.78 Å². The zero-order valence-corrected chi connectivity index (χ0v) is 16.9. The number of furan rings is 1. The van der Waals surface area contributed by atoms with Crippen molar-refractivity contribution in [3.63, 3.8) is 0 Å². The van der Waals surface area contributed by atoms with Crippen LogP contribution in [-0.4, -0.2) is 0 Å². The molecule has 0 N–H and O–H groups in total. The van der Waals surface area contributed by atoms with E-state index in [9.17, 15) is 8.78 Å². The molecule has 0 spiro atoms. The summed E-state index contributed by atoms with van der Waals surface area (Å²) in [5, 5.41) is 1.14. The number of hydrogen-bond acceptors (Lipinski definition) is 2. The first kappa shape index (κ1) is 19.3. The number of benzene rings is 4. The van der Waals surface area contributed by atoms with Crippen LogP contribution in [0, 0.1) is 0 Å². The molecule has 0 unspecified atom stereocenters. The van der Waals surface area contributed by atoms with E-state index in [1.165, 1.54) is 6.07 Å². The van der Waals surface area contributed by atoms with E-state index in [1.807, 2.05) is 72.8 Å². The Morgan fingerprint density at radius 3 is 2.42 bits per heavy atom. The molecule has 0 saturated heterocycles. The van der Waals surface area contributed by atoms with Crippen LogP contribution in [0.3, 0.4) is 0 Å². The van der Waals surface area contributed by atoms with Crippen LogP contribution in [0.15, 0.2) is 95.4 Å². The molecule has 0 fully saturated rings. The SMILES string of the molecule is CC(F)(F)c1ccc(-c2cccc(OCc3ccccc3)c2)c2oc3ccccc3c12. The molecule has 5 aromatic rings. The third kappa shape index (κ3) is 3.66. The van der Waals surface area contributed by atoms with E-state index in [0.717, 1.165) is 23.6 Å². The Bertz CT molecular complexity index is 1360. The zero-order valence-electron chi connectivity index (χ0n) is 16.9. The molecule has 1 heterocycles. The maximum atomic E-state index is 14.4. The third-order valence-electron chi connectivity index (χ3n) is 5.39. The van der Waals surface area contributed by atoms with Gasteiger partial charge in [0.2, 0.25) is 0 Å². The van der Waals surface area contributed by atoms with Crippen LogP contribution < -0.4 is 4.74 Å². The molecule has 4 aromatic carbocycles. The summed E-state index contributed by atoms with van der Waals surface area (Å²) < 4.78 is 40.8. The number of alkyl halides is 2. The van der Waals surface area contributed by atoms with Gasteiger partial charge in [-0.25, -0.2) is 8.78 Å². The lowest BCUT2D eigenvalue weighted by molar-refractivity contribution is 0.0191. The van der Waals surface area contributed by atoms with E-state index in [4.69, 9.17) is 9.15 Å². The minimum atomic E-state index is -2.98. The maximum absolute atomic E-state index is 14.4. The van der Waals surface area contributed by atoms with Crippen molar-refractivity contribution in [3.05, 3.63) is 102 Å². The molecule has 0 atom stereocenters. The Balaban J connectivity index is 1.61. The highest BCUT2D eigenvalue weighted by Crippen LogP contribution is 2.43. The van der Waals surface area contributed by atoms with Gasteiger partial charge in [-0.05, 0) is 29.3 Å². The lowest BCUT2D eigenvalue weighted by Crippen LogP contribution is -2.07. The molecule has 0 amide bonds. The Kier molecular flexibility index (Phi) is 4.70. The van der Waals surface area contributed by atoms with E-state index < -0.39 is 5.92 Å². The fourth-order valence-corrected chi connectivity index (χ4v) is 3.92. The Labute approximate surface area is 178 Å². The topological polar surface area (TPSA) is 22.4 Å². The number of rotatable bonds is 5. The van der Waals surface area contributed by atoms with E-state index in [1.54, 1.807) is 12.1 Å². The largest absolute Gasteiger partial charge is 0.489 e. The molecule has 154 valence electrons. The van der Waals surface area contributed by atoms with Gasteiger partial charge in [0.05, 0.1) is 0 Å². The van der Waals surface area contributed by atoms with Crippen molar-refractivity contribution in [3.8, 4) is 16.9 Å². The van der Waals surface area contributed by atoms with Gasteiger partial charge in [0.1, 0.15) is 23.5 Å². The number of fused-ring (bicyclic) bond motifs is 3. The van der Waals surface area contributed by atoms with Crippen LogP contribution in [0.2, 0.25) is 0 Å². The normalized spacial score (nSPS) is 11.8. The average molecular weight is 414 g/mol. The molecule has 0 aliphatic rings. The molecule has 1 aromatic heterocycles. The molecule has 0 saturated carbocycles. The van der Waals surface area contributed by atoms with Crippen molar-refractivity contribution in [2.45, 2.75) is 19.5 Å². The van der Waals surface area contributed by atoms with Gasteiger partial charge in [-0.3, -0.25) is 0 Å². The van der Waals surface area contributed by atoms with Gasteiger partial charge in [0, 0.05) is 28.8 Å². The summed E-state index contributed by atoms with van der Waals surface area (Å²) in [7, 11) is 0. The van der Waals surface area contributed by atoms with E-state index >= 15 is 0 Å². The minimum Gasteiger partial charge on any atom is -0.489 e. The van der Waals surface area contributed by atoms with Crippen LogP contribution in [0.1, 0.15) is 18.1 Å². The third-order valence-corrected chi connectivity index (χ3v) is 5.39. The first-order valence-electron chi connectivity index (χ1n) is 10.1. The van der Waals surface area contributed by atoms with E-state index in [2.05, 4.69) is 0 Å². The van der Waals surface area contributed by atoms with Crippen molar-refractivity contribution in [1.82, 2.24) is 0 Å². The summed E-state index contributed by atoms with van der Waals surface area (Å²) in [4.78, 5) is 0. The molecule has 0 aliphatic heterocycles. The highest BCUT2D eigenvalue weighted by molar-refractivity contribution is 6.11. The van der Waals surface area contributed by atoms with Crippen molar-refractivity contribution < 1.29 is 17.9 Å². The molecule has 4 heteroatoms. The Hall–Kier alpha value is -3.66. The lowest BCUT2D eigenvalue weighted by Gasteiger charge is -2.14. The molecule has 0 aliphatic carbocycles. The smallest absolute Gasteiger partial charge is 0.271 e. The molecular weight excluding hydrogens is 394 g/mol. The molecular formula is C27H20F2O2. The second-order valence-corrected chi connectivity index (χ2v) is 7.65. The van der Waals surface area contributed by atoms with E-state index in [0.29, 0.717) is 34.3 Å². The molecule has 2 nitrogen and oxygen atoms in total. The summed E-state index contributed by atoms with van der Waals surface area (Å²) >= 11 is 0. The number of hydrogen-bond donors (Lipinski definition) is 0. The van der Waals surface area contributed by atoms with Crippen molar-refractivity contribution in [2.24, 2.45) is 0 Å². The molecule has 0 radical (unpaired) electrons. The second-order valence-electron chi connectivity index (χ2n) is 7.65. The molecule has 5 rings (SSSR count). The predicted octanol–water partition coefficient (Wildman–Crippen LogP) is 7.94. The minimum absolute atomic E-state index is 0.0346.